The van der Waals surface area contributed by atoms with E-state index < -0.39 is 10.0 Å². The summed E-state index contributed by atoms with van der Waals surface area (Å²) in [6.07, 6.45) is 1.97. The Morgan fingerprint density at radius 2 is 2.12 bits per heavy atom. The quantitative estimate of drug-likeness (QED) is 0.564. The van der Waals surface area contributed by atoms with Gasteiger partial charge in [0.25, 0.3) is 5.22 Å². The second-order valence-electron chi connectivity index (χ2n) is 5.39. The van der Waals surface area contributed by atoms with Crippen LogP contribution in [0.4, 0.5) is 0 Å². The number of benzene rings is 1. The summed E-state index contributed by atoms with van der Waals surface area (Å²) < 4.78 is 30.9. The monoisotopic (exact) mass is 371 g/mol. The molecule has 1 N–H and O–H groups in total. The maximum Gasteiger partial charge on any atom is 0.257 e. The first-order valence-corrected chi connectivity index (χ1v) is 9.99. The number of thioether (sulfide) groups is 1. The molecule has 0 fully saturated rings. The second-order valence-corrected chi connectivity index (χ2v) is 8.47. The van der Waals surface area contributed by atoms with Crippen molar-refractivity contribution in [2.75, 3.05) is 26.4 Å². The topological polar surface area (TPSA) is 92.5 Å². The van der Waals surface area contributed by atoms with E-state index in [1.165, 1.54) is 38.0 Å². The molecule has 24 heavy (non-hydrogen) atoms. The Balaban J connectivity index is 2.08. The third kappa shape index (κ3) is 4.49. The SMILES string of the molecule is CCCCNC(=O)CSc1nc2cc(S(=O)(=O)N(C)C)ccc2o1. The Hall–Kier alpha value is -1.58. The molecule has 2 aromatic rings. The predicted octanol–water partition coefficient (Wildman–Crippen LogP) is 2.09. The maximum atomic E-state index is 12.1. The van der Waals surface area contributed by atoms with Gasteiger partial charge in [0.15, 0.2) is 5.58 Å². The predicted molar refractivity (Wildman–Crippen MR) is 93.5 cm³/mol. The van der Waals surface area contributed by atoms with E-state index >= 15 is 0 Å². The van der Waals surface area contributed by atoms with Crippen molar-refractivity contribution in [2.45, 2.75) is 29.9 Å². The van der Waals surface area contributed by atoms with Crippen LogP contribution in [0.25, 0.3) is 11.1 Å². The number of oxazole rings is 1. The molecule has 0 aliphatic carbocycles. The van der Waals surface area contributed by atoms with Crippen molar-refractivity contribution >= 4 is 38.8 Å². The molecule has 0 radical (unpaired) electrons. The number of fused-ring (bicyclic) bond motifs is 1. The second kappa shape index (κ2) is 8.00. The molecule has 0 unspecified atom stereocenters. The van der Waals surface area contributed by atoms with Crippen LogP contribution in [0.2, 0.25) is 0 Å². The number of nitrogens with zero attached hydrogens (tertiary/aromatic N) is 2. The summed E-state index contributed by atoms with van der Waals surface area (Å²) in [5, 5.41) is 3.16. The molecule has 0 bridgehead atoms. The third-order valence-electron chi connectivity index (χ3n) is 3.30. The minimum atomic E-state index is -3.52. The molecule has 1 amide bonds. The summed E-state index contributed by atoms with van der Waals surface area (Å²) in [5.41, 5.74) is 0.938. The van der Waals surface area contributed by atoms with Crippen molar-refractivity contribution in [3.63, 3.8) is 0 Å². The van der Waals surface area contributed by atoms with Gasteiger partial charge in [0, 0.05) is 20.6 Å². The molecule has 9 heteroatoms. The van der Waals surface area contributed by atoms with Crippen LogP contribution in [0.15, 0.2) is 32.7 Å². The minimum Gasteiger partial charge on any atom is -0.431 e. The van der Waals surface area contributed by atoms with E-state index in [4.69, 9.17) is 4.42 Å². The molecular weight excluding hydrogens is 350 g/mol. The van der Waals surface area contributed by atoms with Crippen LogP contribution in [-0.2, 0) is 14.8 Å². The van der Waals surface area contributed by atoms with E-state index in [9.17, 15) is 13.2 Å². The molecule has 0 saturated carbocycles. The first-order chi connectivity index (χ1) is 11.3. The van der Waals surface area contributed by atoms with Gasteiger partial charge in [-0.05, 0) is 24.6 Å². The summed E-state index contributed by atoms with van der Waals surface area (Å²) in [5.74, 6) is 0.130. The van der Waals surface area contributed by atoms with Crippen molar-refractivity contribution in [3.8, 4) is 0 Å². The van der Waals surface area contributed by atoms with Gasteiger partial charge in [-0.15, -0.1) is 0 Å². The van der Waals surface area contributed by atoms with Crippen LogP contribution >= 0.6 is 11.8 Å². The number of sulfonamides is 1. The Labute approximate surface area is 145 Å². The molecule has 0 spiro atoms. The largest absolute Gasteiger partial charge is 0.431 e. The summed E-state index contributed by atoms with van der Waals surface area (Å²) in [4.78, 5) is 16.1. The van der Waals surface area contributed by atoms with Crippen LogP contribution in [0.1, 0.15) is 19.8 Å². The van der Waals surface area contributed by atoms with E-state index in [2.05, 4.69) is 17.2 Å². The first-order valence-electron chi connectivity index (χ1n) is 7.57. The lowest BCUT2D eigenvalue weighted by Crippen LogP contribution is -2.25. The summed E-state index contributed by atoms with van der Waals surface area (Å²) in [6, 6.07) is 4.53. The molecule has 0 aliphatic heterocycles. The zero-order valence-electron chi connectivity index (χ0n) is 13.9. The average Bonchev–Trinajstić information content (AvgIpc) is 2.95. The maximum absolute atomic E-state index is 12.1. The summed E-state index contributed by atoms with van der Waals surface area (Å²) >= 11 is 1.18. The minimum absolute atomic E-state index is 0.0772. The highest BCUT2D eigenvalue weighted by Crippen LogP contribution is 2.26. The highest BCUT2D eigenvalue weighted by molar-refractivity contribution is 7.99. The zero-order chi connectivity index (χ0) is 17.7. The molecule has 0 aliphatic rings. The lowest BCUT2D eigenvalue weighted by molar-refractivity contribution is -0.118. The van der Waals surface area contributed by atoms with Crippen molar-refractivity contribution in [3.05, 3.63) is 18.2 Å². The number of aromatic nitrogens is 1. The van der Waals surface area contributed by atoms with E-state index in [0.29, 0.717) is 22.9 Å². The van der Waals surface area contributed by atoms with E-state index in [1.54, 1.807) is 6.07 Å². The standard InChI is InChI=1S/C15H21N3O4S2/c1-4-5-8-16-14(19)10-23-15-17-12-9-11(6-7-13(12)22-15)24(20,21)18(2)3/h6-7,9H,4-5,8,10H2,1-3H3,(H,16,19). The molecule has 0 atom stereocenters. The Morgan fingerprint density at radius 3 is 2.79 bits per heavy atom. The number of rotatable bonds is 8. The van der Waals surface area contributed by atoms with Crippen molar-refractivity contribution < 1.29 is 17.6 Å². The molecule has 2 rings (SSSR count). The smallest absolute Gasteiger partial charge is 0.257 e. The van der Waals surface area contributed by atoms with Crippen LogP contribution in [0.3, 0.4) is 0 Å². The fourth-order valence-electron chi connectivity index (χ4n) is 1.90. The number of hydrogen-bond acceptors (Lipinski definition) is 6. The van der Waals surface area contributed by atoms with Gasteiger partial charge in [0.05, 0.1) is 10.6 Å². The number of hydrogen-bond donors (Lipinski definition) is 1. The number of unbranched alkanes of at least 4 members (excludes halogenated alkanes) is 1. The number of carbonyl (C=O) groups excluding carboxylic acids is 1. The summed E-state index contributed by atoms with van der Waals surface area (Å²) in [7, 11) is -0.571. The molecule has 132 valence electrons. The lowest BCUT2D eigenvalue weighted by atomic mass is 10.3. The van der Waals surface area contributed by atoms with Crippen LogP contribution < -0.4 is 5.32 Å². The van der Waals surface area contributed by atoms with Gasteiger partial charge in [0.2, 0.25) is 15.9 Å². The molecule has 0 saturated heterocycles. The number of carbonyl (C=O) groups is 1. The van der Waals surface area contributed by atoms with Crippen LogP contribution in [0, 0.1) is 0 Å². The fraction of sp³-hybridized carbons (Fsp3) is 0.467. The first kappa shape index (κ1) is 18.8. The molecule has 1 aromatic heterocycles. The highest BCUT2D eigenvalue weighted by Gasteiger charge is 2.19. The van der Waals surface area contributed by atoms with E-state index in [0.717, 1.165) is 17.1 Å². The number of amides is 1. The van der Waals surface area contributed by atoms with E-state index in [1.807, 2.05) is 0 Å². The molecule has 1 aromatic carbocycles. The molecule has 1 heterocycles. The van der Waals surface area contributed by atoms with Gasteiger partial charge >= 0.3 is 0 Å². The third-order valence-corrected chi connectivity index (χ3v) is 5.94. The lowest BCUT2D eigenvalue weighted by Gasteiger charge is -2.10. The Morgan fingerprint density at radius 1 is 1.38 bits per heavy atom. The van der Waals surface area contributed by atoms with Gasteiger partial charge in [-0.1, -0.05) is 25.1 Å². The fourth-order valence-corrected chi connectivity index (χ4v) is 3.49. The Bertz CT molecular complexity index is 815. The van der Waals surface area contributed by atoms with Crippen molar-refractivity contribution in [1.29, 1.82) is 0 Å². The highest BCUT2D eigenvalue weighted by atomic mass is 32.2. The van der Waals surface area contributed by atoms with Gasteiger partial charge in [-0.3, -0.25) is 4.79 Å². The van der Waals surface area contributed by atoms with Crippen molar-refractivity contribution in [1.82, 2.24) is 14.6 Å². The Kier molecular flexibility index (Phi) is 6.25. The summed E-state index contributed by atoms with van der Waals surface area (Å²) in [6.45, 7) is 2.72. The van der Waals surface area contributed by atoms with Crippen LogP contribution in [-0.4, -0.2) is 50.0 Å². The van der Waals surface area contributed by atoms with Gasteiger partial charge in [0.1, 0.15) is 5.52 Å². The number of nitrogens with one attached hydrogen (secondary N) is 1. The normalized spacial score (nSPS) is 12.0. The van der Waals surface area contributed by atoms with E-state index in [-0.39, 0.29) is 16.6 Å². The van der Waals surface area contributed by atoms with Gasteiger partial charge in [-0.25, -0.2) is 17.7 Å². The average molecular weight is 371 g/mol. The van der Waals surface area contributed by atoms with Crippen LogP contribution in [0.5, 0.6) is 0 Å². The van der Waals surface area contributed by atoms with Gasteiger partial charge < -0.3 is 9.73 Å². The molecular formula is C15H21N3O4S2. The van der Waals surface area contributed by atoms with Gasteiger partial charge in [-0.2, -0.15) is 0 Å². The molecule has 7 nitrogen and oxygen atoms in total. The van der Waals surface area contributed by atoms with Crippen molar-refractivity contribution in [2.24, 2.45) is 0 Å². The zero-order valence-corrected chi connectivity index (χ0v) is 15.5.